The lowest BCUT2D eigenvalue weighted by Crippen LogP contribution is -2.50. The van der Waals surface area contributed by atoms with Crippen LogP contribution >= 0.6 is 11.3 Å². The number of thiazole rings is 1. The number of nitrogens with zero attached hydrogens (tertiary/aromatic N) is 4. The maximum atomic E-state index is 15.6. The van der Waals surface area contributed by atoms with Crippen molar-refractivity contribution in [2.75, 3.05) is 32.8 Å². The minimum absolute atomic E-state index is 0.0332. The van der Waals surface area contributed by atoms with Gasteiger partial charge in [-0.15, -0.1) is 11.3 Å². The molecule has 0 saturated carbocycles. The first kappa shape index (κ1) is 32.9. The van der Waals surface area contributed by atoms with Gasteiger partial charge >= 0.3 is 11.9 Å². The van der Waals surface area contributed by atoms with Gasteiger partial charge in [0, 0.05) is 23.8 Å². The fraction of sp³-hybridized carbons (Fsp3) is 0.517. The van der Waals surface area contributed by atoms with Gasteiger partial charge in [-0.05, 0) is 44.9 Å². The average molecular weight is 658 g/mol. The highest BCUT2D eigenvalue weighted by molar-refractivity contribution is 7.11. The lowest BCUT2D eigenvalue weighted by Gasteiger charge is -2.31. The number of ether oxygens (including phenoxy) is 1. The van der Waals surface area contributed by atoms with E-state index in [4.69, 9.17) is 9.57 Å². The van der Waals surface area contributed by atoms with E-state index in [1.54, 1.807) is 12.3 Å². The van der Waals surface area contributed by atoms with Crippen LogP contribution in [0.3, 0.4) is 0 Å². The predicted molar refractivity (Wildman–Crippen MR) is 152 cm³/mol. The number of hydrogen-bond donors (Lipinski definition) is 2. The zero-order chi connectivity index (χ0) is 32.8. The molecule has 0 spiro atoms. The first-order chi connectivity index (χ1) is 21.2. The number of carboxylic acid groups (broad SMARTS) is 1. The van der Waals surface area contributed by atoms with Crippen molar-refractivity contribution in [1.29, 1.82) is 0 Å². The van der Waals surface area contributed by atoms with Crippen LogP contribution in [-0.2, 0) is 19.2 Å². The topological polar surface area (TPSA) is 117 Å². The maximum Gasteiger partial charge on any atom is 0.338 e. The molecular weight excluding hydrogens is 625 g/mol. The van der Waals surface area contributed by atoms with Crippen LogP contribution in [0.5, 0.6) is 0 Å². The second-order valence-electron chi connectivity index (χ2n) is 11.6. The molecule has 3 aliphatic heterocycles. The third-order valence-electron chi connectivity index (χ3n) is 8.37. The third kappa shape index (κ3) is 6.07. The fourth-order valence-corrected chi connectivity index (χ4v) is 6.27. The molecule has 2 fully saturated rings. The quantitative estimate of drug-likeness (QED) is 0.289. The molecule has 4 heterocycles. The van der Waals surface area contributed by atoms with Crippen LogP contribution in [0.2, 0.25) is 0 Å². The van der Waals surface area contributed by atoms with Gasteiger partial charge in [0.15, 0.2) is 22.5 Å². The van der Waals surface area contributed by atoms with Crippen LogP contribution in [0.25, 0.3) is 0 Å². The summed E-state index contributed by atoms with van der Waals surface area (Å²) in [5.74, 6) is -7.69. The molecule has 1 aromatic heterocycles. The van der Waals surface area contributed by atoms with Crippen molar-refractivity contribution in [1.82, 2.24) is 20.3 Å². The average Bonchev–Trinajstić information content (AvgIpc) is 3.71. The number of hydrogen-bond acceptors (Lipinski definition) is 10. The highest BCUT2D eigenvalue weighted by Gasteiger charge is 2.61. The number of nitrogens with one attached hydrogen (secondary N) is 1. The number of rotatable bonds is 10. The number of likely N-dealkylation sites (tertiary alicyclic amines) is 1. The molecule has 0 radical (unpaired) electrons. The van der Waals surface area contributed by atoms with E-state index in [1.165, 1.54) is 35.4 Å². The number of aromatic nitrogens is 1. The summed E-state index contributed by atoms with van der Waals surface area (Å²) in [6.45, 7) is 3.21. The zero-order valence-electron chi connectivity index (χ0n) is 24.8. The molecule has 0 bridgehead atoms. The predicted octanol–water partition coefficient (Wildman–Crippen LogP) is 4.02. The number of fused-ring (bicyclic) bond motifs is 1. The Bertz CT molecular complexity index is 1540. The van der Waals surface area contributed by atoms with Gasteiger partial charge in [-0.3, -0.25) is 19.5 Å². The smallest absolute Gasteiger partial charge is 0.338 e. The Labute approximate surface area is 259 Å². The first-order valence-electron chi connectivity index (χ1n) is 14.2. The van der Waals surface area contributed by atoms with Gasteiger partial charge in [-0.2, -0.15) is 5.06 Å². The summed E-state index contributed by atoms with van der Waals surface area (Å²) >= 11 is 1.21. The fourth-order valence-electron chi connectivity index (χ4n) is 5.68. The van der Waals surface area contributed by atoms with Crippen LogP contribution in [0, 0.1) is 24.0 Å². The van der Waals surface area contributed by atoms with Crippen LogP contribution in [-0.4, -0.2) is 94.9 Å². The molecule has 3 aliphatic rings. The summed E-state index contributed by atoms with van der Waals surface area (Å²) in [6.07, 6.45) is -0.500. The van der Waals surface area contributed by atoms with Crippen LogP contribution < -0.4 is 5.32 Å². The number of carbonyl (C=O) groups is 2. The normalized spacial score (nSPS) is 24.3. The van der Waals surface area contributed by atoms with Crippen molar-refractivity contribution in [3.8, 4) is 0 Å². The van der Waals surface area contributed by atoms with Crippen LogP contribution in [0.4, 0.5) is 22.0 Å². The number of hydroxylamine groups is 2. The van der Waals surface area contributed by atoms with E-state index < -0.39 is 72.3 Å². The van der Waals surface area contributed by atoms with Crippen molar-refractivity contribution in [2.45, 2.75) is 57.9 Å². The van der Waals surface area contributed by atoms with Gasteiger partial charge in [0.25, 0.3) is 5.92 Å². The number of carbonyl (C=O) groups excluding carboxylic acids is 1. The Morgan fingerprint density at radius 3 is 2.69 bits per heavy atom. The molecule has 0 amide bonds. The van der Waals surface area contributed by atoms with E-state index >= 15 is 13.2 Å². The highest BCUT2D eigenvalue weighted by Crippen LogP contribution is 2.43. The van der Waals surface area contributed by atoms with E-state index in [2.05, 4.69) is 15.3 Å². The van der Waals surface area contributed by atoms with Crippen LogP contribution in [0.1, 0.15) is 42.9 Å². The lowest BCUT2D eigenvalue weighted by atomic mass is 9.87. The second-order valence-corrected chi connectivity index (χ2v) is 12.5. The van der Waals surface area contributed by atoms with Crippen molar-refractivity contribution in [2.24, 2.45) is 10.4 Å². The van der Waals surface area contributed by atoms with Gasteiger partial charge in [-0.1, -0.05) is 6.07 Å². The number of carboxylic acids is 1. The van der Waals surface area contributed by atoms with Gasteiger partial charge in [0.2, 0.25) is 0 Å². The maximum absolute atomic E-state index is 15.6. The number of alkyl halides is 3. The van der Waals surface area contributed by atoms with Crippen molar-refractivity contribution < 1.29 is 46.2 Å². The monoisotopic (exact) mass is 657 g/mol. The third-order valence-corrected chi connectivity index (χ3v) is 9.15. The molecule has 5 rings (SSSR count). The van der Waals surface area contributed by atoms with Gasteiger partial charge in [0.05, 0.1) is 43.3 Å². The number of aliphatic carboxylic acids is 1. The minimum Gasteiger partial charge on any atom is -0.481 e. The molecule has 4 atom stereocenters. The van der Waals surface area contributed by atoms with E-state index in [-0.39, 0.29) is 48.0 Å². The number of esters is 1. The SMILES string of the molecule is CCOC(=O)C1=C(CN2CC(F)(F)[C@H]3[C@@H]2CON3C[C@@H](F)C(C)(C)C(=O)O)NC(c2nccs2)=N[C@@H]1c1ccc(F)c(F)c1C. The highest BCUT2D eigenvalue weighted by atomic mass is 32.1. The summed E-state index contributed by atoms with van der Waals surface area (Å²) < 4.78 is 80.3. The Morgan fingerprint density at radius 2 is 2.04 bits per heavy atom. The Balaban J connectivity index is 1.53. The summed E-state index contributed by atoms with van der Waals surface area (Å²) in [6, 6.07) is -1.55. The lowest BCUT2D eigenvalue weighted by molar-refractivity contribution is -0.196. The van der Waals surface area contributed by atoms with Gasteiger partial charge < -0.3 is 15.2 Å². The van der Waals surface area contributed by atoms with Crippen molar-refractivity contribution >= 4 is 29.1 Å². The number of benzene rings is 1. The molecule has 2 aromatic rings. The molecular formula is C29H32F5N5O5S. The molecule has 2 saturated heterocycles. The van der Waals surface area contributed by atoms with Gasteiger partial charge in [-0.25, -0.2) is 31.7 Å². The molecule has 0 unspecified atom stereocenters. The molecule has 0 aliphatic carbocycles. The molecule has 45 heavy (non-hydrogen) atoms. The summed E-state index contributed by atoms with van der Waals surface area (Å²) in [7, 11) is 0. The molecule has 10 nitrogen and oxygen atoms in total. The van der Waals surface area contributed by atoms with E-state index in [9.17, 15) is 23.5 Å². The summed E-state index contributed by atoms with van der Waals surface area (Å²) in [4.78, 5) is 40.7. The zero-order valence-corrected chi connectivity index (χ0v) is 25.6. The Hall–Kier alpha value is -3.47. The van der Waals surface area contributed by atoms with E-state index in [0.29, 0.717) is 5.01 Å². The number of aliphatic imine (C=N–C) groups is 1. The second kappa shape index (κ2) is 12.4. The minimum atomic E-state index is -3.41. The molecule has 244 valence electrons. The molecule has 16 heteroatoms. The number of amidine groups is 1. The van der Waals surface area contributed by atoms with E-state index in [1.807, 2.05) is 0 Å². The van der Waals surface area contributed by atoms with Gasteiger partial charge in [0.1, 0.15) is 18.3 Å². The Kier molecular flexibility index (Phi) is 9.05. The largest absolute Gasteiger partial charge is 0.481 e. The first-order valence-corrected chi connectivity index (χ1v) is 15.0. The Morgan fingerprint density at radius 1 is 1.31 bits per heavy atom. The molecule has 1 aromatic carbocycles. The van der Waals surface area contributed by atoms with Crippen LogP contribution in [0.15, 0.2) is 40.0 Å². The number of halogens is 5. The summed E-state index contributed by atoms with van der Waals surface area (Å²) in [5.41, 5.74) is -1.73. The van der Waals surface area contributed by atoms with Crippen molar-refractivity contribution in [3.05, 3.63) is 62.7 Å². The van der Waals surface area contributed by atoms with E-state index in [0.717, 1.165) is 25.0 Å². The standard InChI is InChI=1S/C29H32F5N5O5S/c1-5-43-26(40)20-17(36-24(25-35-8-9-45-25)37-22(20)15-6-7-16(30)21(32)14(15)2)10-38-13-29(33,34)23-18(38)12-44-39(23)11-19(31)28(3,4)27(41)42/h6-9,18-19,22-23H,5,10-13H2,1-4H3,(H,36,37)(H,41,42)/t18-,19+,22+,23+/m0/s1. The molecule has 2 N–H and O–H groups in total. The van der Waals surface area contributed by atoms with Crippen molar-refractivity contribution in [3.63, 3.8) is 0 Å². The summed E-state index contributed by atoms with van der Waals surface area (Å²) in [5, 5.41) is 15.3.